The largest absolute Gasteiger partial charge is 0.431 e. The maximum atomic E-state index is 11.9. The van der Waals surface area contributed by atoms with Crippen molar-refractivity contribution >= 4 is 23.6 Å². The molecule has 1 aliphatic rings. The molecule has 0 radical (unpaired) electrons. The van der Waals surface area contributed by atoms with E-state index in [4.69, 9.17) is 4.74 Å². The third-order valence-electron chi connectivity index (χ3n) is 3.06. The number of cyclic esters (lactones) is 1. The number of benzene rings is 1. The van der Waals surface area contributed by atoms with Crippen molar-refractivity contribution in [3.05, 3.63) is 59.9 Å². The minimum atomic E-state index is -0.951. The second-order valence-electron chi connectivity index (χ2n) is 4.57. The molecule has 7 heteroatoms. The molecule has 0 bridgehead atoms. The molecule has 3 amide bonds. The number of anilines is 1. The number of nitrogens with zero attached hydrogens (tertiary/aromatic N) is 1. The van der Waals surface area contributed by atoms with E-state index in [1.54, 1.807) is 42.5 Å². The van der Waals surface area contributed by atoms with Gasteiger partial charge in [-0.25, -0.2) is 4.79 Å². The fourth-order valence-corrected chi connectivity index (χ4v) is 2.01. The van der Waals surface area contributed by atoms with Crippen molar-refractivity contribution in [3.8, 4) is 0 Å². The molecule has 2 N–H and O–H groups in total. The molecule has 0 aliphatic carbocycles. The van der Waals surface area contributed by atoms with Gasteiger partial charge in [-0.3, -0.25) is 19.9 Å². The van der Waals surface area contributed by atoms with Crippen LogP contribution in [-0.4, -0.2) is 22.9 Å². The minimum absolute atomic E-state index is 0.302. The summed E-state index contributed by atoms with van der Waals surface area (Å²) in [5, 5.41) is 4.74. The lowest BCUT2D eigenvalue weighted by atomic mass is 10.1. The Morgan fingerprint density at radius 1 is 1.14 bits per heavy atom. The first-order valence-corrected chi connectivity index (χ1v) is 6.47. The Morgan fingerprint density at radius 2 is 1.91 bits per heavy atom. The summed E-state index contributed by atoms with van der Waals surface area (Å²) in [7, 11) is 0. The molecule has 1 fully saturated rings. The fourth-order valence-electron chi connectivity index (χ4n) is 2.01. The third kappa shape index (κ3) is 2.78. The first kappa shape index (κ1) is 13.7. The smallest absolute Gasteiger partial charge is 0.415 e. The number of hydrogen-bond donors (Lipinski definition) is 2. The zero-order valence-electron chi connectivity index (χ0n) is 11.3. The Labute approximate surface area is 125 Å². The van der Waals surface area contributed by atoms with E-state index in [1.807, 2.05) is 0 Å². The maximum Gasteiger partial charge on any atom is 0.415 e. The predicted octanol–water partition coefficient (Wildman–Crippen LogP) is 1.64. The van der Waals surface area contributed by atoms with Gasteiger partial charge in [-0.05, 0) is 24.3 Å². The molecule has 7 nitrogen and oxygen atoms in total. The lowest BCUT2D eigenvalue weighted by Gasteiger charge is -2.08. The number of amides is 3. The molecule has 0 spiro atoms. The van der Waals surface area contributed by atoms with Gasteiger partial charge in [0.1, 0.15) is 5.69 Å². The summed E-state index contributed by atoms with van der Waals surface area (Å²) in [5.41, 5.74) is 1.37. The Kier molecular flexibility index (Phi) is 3.53. The SMILES string of the molecule is O=C1NC(=O)C(c2ccc(NC(=O)c3ccccn3)cc2)O1. The highest BCUT2D eigenvalue weighted by Crippen LogP contribution is 2.23. The quantitative estimate of drug-likeness (QED) is 0.897. The summed E-state index contributed by atoms with van der Waals surface area (Å²) in [6, 6.07) is 11.5. The van der Waals surface area contributed by atoms with Crippen molar-refractivity contribution in [1.82, 2.24) is 10.3 Å². The average molecular weight is 297 g/mol. The molecule has 2 heterocycles. The number of alkyl carbamates (subject to hydrolysis) is 1. The number of carbonyl (C=O) groups excluding carboxylic acids is 3. The van der Waals surface area contributed by atoms with Crippen LogP contribution >= 0.6 is 0 Å². The fraction of sp³-hybridized carbons (Fsp3) is 0.0667. The summed E-state index contributed by atoms with van der Waals surface area (Å²) in [6.45, 7) is 0. The van der Waals surface area contributed by atoms with Gasteiger partial charge in [-0.1, -0.05) is 18.2 Å². The molecule has 1 aromatic carbocycles. The number of rotatable bonds is 3. The van der Waals surface area contributed by atoms with Gasteiger partial charge in [0.05, 0.1) is 0 Å². The normalized spacial score (nSPS) is 16.8. The van der Waals surface area contributed by atoms with Crippen LogP contribution in [0.4, 0.5) is 10.5 Å². The molecule has 22 heavy (non-hydrogen) atoms. The van der Waals surface area contributed by atoms with Gasteiger partial charge in [0.15, 0.2) is 0 Å². The second kappa shape index (κ2) is 5.65. The minimum Gasteiger partial charge on any atom is -0.431 e. The van der Waals surface area contributed by atoms with E-state index in [0.29, 0.717) is 16.9 Å². The summed E-state index contributed by atoms with van der Waals surface area (Å²) in [4.78, 5) is 38.4. The summed E-state index contributed by atoms with van der Waals surface area (Å²) in [6.07, 6.45) is -0.180. The van der Waals surface area contributed by atoms with E-state index >= 15 is 0 Å². The van der Waals surface area contributed by atoms with Crippen molar-refractivity contribution in [2.75, 3.05) is 5.32 Å². The molecule has 1 aromatic heterocycles. The zero-order valence-corrected chi connectivity index (χ0v) is 11.3. The number of imide groups is 1. The van der Waals surface area contributed by atoms with Crippen LogP contribution in [0.2, 0.25) is 0 Å². The van der Waals surface area contributed by atoms with Gasteiger partial charge in [0.25, 0.3) is 11.8 Å². The van der Waals surface area contributed by atoms with E-state index in [1.165, 1.54) is 6.20 Å². The van der Waals surface area contributed by atoms with E-state index in [0.717, 1.165) is 0 Å². The topological polar surface area (TPSA) is 97.4 Å². The predicted molar refractivity (Wildman–Crippen MR) is 76.0 cm³/mol. The van der Waals surface area contributed by atoms with Gasteiger partial charge in [-0.15, -0.1) is 0 Å². The third-order valence-corrected chi connectivity index (χ3v) is 3.06. The highest BCUT2D eigenvalue weighted by molar-refractivity contribution is 6.03. The average Bonchev–Trinajstić information content (AvgIpc) is 2.87. The molecule has 1 saturated heterocycles. The van der Waals surface area contributed by atoms with Crippen LogP contribution in [0, 0.1) is 0 Å². The Balaban J connectivity index is 1.71. The number of carbonyl (C=O) groups is 3. The van der Waals surface area contributed by atoms with Crippen LogP contribution in [0.3, 0.4) is 0 Å². The van der Waals surface area contributed by atoms with Crippen molar-refractivity contribution in [3.63, 3.8) is 0 Å². The van der Waals surface area contributed by atoms with Gasteiger partial charge >= 0.3 is 6.09 Å². The van der Waals surface area contributed by atoms with E-state index in [-0.39, 0.29) is 5.91 Å². The lowest BCUT2D eigenvalue weighted by Crippen LogP contribution is -2.20. The van der Waals surface area contributed by atoms with Crippen molar-refractivity contribution < 1.29 is 19.1 Å². The number of aromatic nitrogens is 1. The number of nitrogens with one attached hydrogen (secondary N) is 2. The van der Waals surface area contributed by atoms with Gasteiger partial charge in [0, 0.05) is 17.4 Å². The Bertz CT molecular complexity index is 728. The molecule has 1 aliphatic heterocycles. The molecular weight excluding hydrogens is 286 g/mol. The first-order chi connectivity index (χ1) is 10.6. The van der Waals surface area contributed by atoms with Crippen LogP contribution in [0.5, 0.6) is 0 Å². The standard InChI is InChI=1S/C15H11N3O4/c19-13(11-3-1-2-8-16-11)17-10-6-4-9(5-7-10)12-14(20)18-15(21)22-12/h1-8,12H,(H,17,19)(H,18,20,21). The first-order valence-electron chi connectivity index (χ1n) is 6.47. The summed E-state index contributed by atoms with van der Waals surface area (Å²) < 4.78 is 4.85. The van der Waals surface area contributed by atoms with Crippen LogP contribution in [-0.2, 0) is 9.53 Å². The molecule has 110 valence electrons. The Morgan fingerprint density at radius 3 is 2.50 bits per heavy atom. The van der Waals surface area contributed by atoms with Gasteiger partial charge < -0.3 is 10.1 Å². The van der Waals surface area contributed by atoms with Crippen LogP contribution in [0.15, 0.2) is 48.7 Å². The van der Waals surface area contributed by atoms with Crippen molar-refractivity contribution in [2.24, 2.45) is 0 Å². The van der Waals surface area contributed by atoms with Crippen molar-refractivity contribution in [2.45, 2.75) is 6.10 Å². The molecule has 0 saturated carbocycles. The van der Waals surface area contributed by atoms with Crippen LogP contribution in [0.1, 0.15) is 22.2 Å². The zero-order chi connectivity index (χ0) is 15.5. The molecule has 1 atom stereocenters. The summed E-state index contributed by atoms with van der Waals surface area (Å²) in [5.74, 6) is -0.839. The molecular formula is C15H11N3O4. The lowest BCUT2D eigenvalue weighted by molar-refractivity contribution is -0.123. The van der Waals surface area contributed by atoms with Gasteiger partial charge in [-0.2, -0.15) is 0 Å². The molecule has 3 rings (SSSR count). The number of ether oxygens (including phenoxy) is 1. The van der Waals surface area contributed by atoms with E-state index < -0.39 is 18.1 Å². The maximum absolute atomic E-state index is 11.9. The monoisotopic (exact) mass is 297 g/mol. The van der Waals surface area contributed by atoms with Crippen LogP contribution in [0.25, 0.3) is 0 Å². The van der Waals surface area contributed by atoms with Gasteiger partial charge in [0.2, 0.25) is 6.10 Å². The van der Waals surface area contributed by atoms with E-state index in [9.17, 15) is 14.4 Å². The number of pyridine rings is 1. The van der Waals surface area contributed by atoms with Crippen LogP contribution < -0.4 is 10.6 Å². The molecule has 2 aromatic rings. The Hall–Kier alpha value is -3.22. The highest BCUT2D eigenvalue weighted by Gasteiger charge is 2.33. The van der Waals surface area contributed by atoms with E-state index in [2.05, 4.69) is 15.6 Å². The van der Waals surface area contributed by atoms with Crippen molar-refractivity contribution in [1.29, 1.82) is 0 Å². The number of hydrogen-bond acceptors (Lipinski definition) is 5. The highest BCUT2D eigenvalue weighted by atomic mass is 16.6. The second-order valence-corrected chi connectivity index (χ2v) is 4.57. The summed E-state index contributed by atoms with van der Waals surface area (Å²) >= 11 is 0. The molecule has 1 unspecified atom stereocenters.